The van der Waals surface area contributed by atoms with Crippen LogP contribution in [0.5, 0.6) is 0 Å². The molecule has 0 aliphatic heterocycles. The maximum absolute atomic E-state index is 12.6. The molecule has 1 aliphatic carbocycles. The van der Waals surface area contributed by atoms with Crippen molar-refractivity contribution in [1.29, 1.82) is 0 Å². The fraction of sp³-hybridized carbons (Fsp3) is 0.455. The van der Waals surface area contributed by atoms with E-state index in [-0.39, 0.29) is 5.82 Å². The molecule has 0 amide bonds. The molecule has 1 aliphatic rings. The molecule has 1 atom stereocenters. The first-order valence-electron chi connectivity index (χ1n) is 4.77. The molecule has 13 heavy (non-hydrogen) atoms. The highest BCUT2D eigenvalue weighted by Gasteiger charge is 2.22. The van der Waals surface area contributed by atoms with E-state index < -0.39 is 0 Å². The molecule has 1 aromatic carbocycles. The van der Waals surface area contributed by atoms with E-state index in [9.17, 15) is 4.39 Å². The highest BCUT2D eigenvalue weighted by molar-refractivity contribution is 5.19. The molecule has 1 aromatic rings. The van der Waals surface area contributed by atoms with Crippen LogP contribution in [0.4, 0.5) is 4.39 Å². The van der Waals surface area contributed by atoms with Crippen molar-refractivity contribution in [2.75, 3.05) is 0 Å². The Bertz CT molecular complexity index is 277. The summed E-state index contributed by atoms with van der Waals surface area (Å²) in [5.74, 6) is -0.164. The van der Waals surface area contributed by atoms with Crippen LogP contribution >= 0.6 is 0 Å². The minimum Gasteiger partial charge on any atom is -0.307 e. The average Bonchev–Trinajstić information content (AvgIpc) is 2.89. The van der Waals surface area contributed by atoms with Crippen LogP contribution in [0.15, 0.2) is 24.3 Å². The van der Waals surface area contributed by atoms with Crippen LogP contribution in [0.25, 0.3) is 0 Å². The molecule has 0 saturated heterocycles. The number of halogens is 1. The van der Waals surface area contributed by atoms with E-state index in [1.165, 1.54) is 25.0 Å². The second-order valence-electron chi connectivity index (χ2n) is 3.71. The monoisotopic (exact) mass is 179 g/mol. The van der Waals surface area contributed by atoms with Gasteiger partial charge in [-0.15, -0.1) is 0 Å². The maximum Gasteiger partial charge on any atom is 0.123 e. The summed E-state index contributed by atoms with van der Waals surface area (Å²) in [5, 5.41) is 3.47. The second-order valence-corrected chi connectivity index (χ2v) is 3.71. The SMILES string of the molecule is C[C@H](NC1CC1)c1ccc(F)cc1. The van der Waals surface area contributed by atoms with Gasteiger partial charge in [0.2, 0.25) is 0 Å². The summed E-state index contributed by atoms with van der Waals surface area (Å²) in [7, 11) is 0. The number of hydrogen-bond donors (Lipinski definition) is 1. The van der Waals surface area contributed by atoms with Crippen LogP contribution in [0, 0.1) is 5.82 Å². The molecular formula is C11H14FN. The molecule has 0 bridgehead atoms. The van der Waals surface area contributed by atoms with E-state index in [4.69, 9.17) is 0 Å². The van der Waals surface area contributed by atoms with Gasteiger partial charge in [0.15, 0.2) is 0 Å². The predicted octanol–water partition coefficient (Wildman–Crippen LogP) is 2.64. The summed E-state index contributed by atoms with van der Waals surface area (Å²) in [6, 6.07) is 7.75. The average molecular weight is 179 g/mol. The molecule has 0 radical (unpaired) electrons. The number of benzene rings is 1. The minimum atomic E-state index is -0.164. The highest BCUT2D eigenvalue weighted by atomic mass is 19.1. The third-order valence-electron chi connectivity index (χ3n) is 2.43. The topological polar surface area (TPSA) is 12.0 Å². The van der Waals surface area contributed by atoms with Crippen LogP contribution in [0.3, 0.4) is 0 Å². The summed E-state index contributed by atoms with van der Waals surface area (Å²) < 4.78 is 12.6. The Balaban J connectivity index is 2.01. The largest absolute Gasteiger partial charge is 0.307 e. The number of rotatable bonds is 3. The lowest BCUT2D eigenvalue weighted by atomic mass is 10.1. The van der Waals surface area contributed by atoms with Gasteiger partial charge < -0.3 is 5.32 Å². The third-order valence-corrected chi connectivity index (χ3v) is 2.43. The predicted molar refractivity (Wildman–Crippen MR) is 51.0 cm³/mol. The van der Waals surface area contributed by atoms with Crippen molar-refractivity contribution in [2.24, 2.45) is 0 Å². The van der Waals surface area contributed by atoms with Gasteiger partial charge in [-0.1, -0.05) is 12.1 Å². The molecule has 0 aromatic heterocycles. The lowest BCUT2D eigenvalue weighted by Gasteiger charge is -2.13. The zero-order valence-electron chi connectivity index (χ0n) is 7.76. The Morgan fingerprint density at radius 2 is 1.92 bits per heavy atom. The third kappa shape index (κ3) is 2.28. The van der Waals surface area contributed by atoms with Crippen LogP contribution in [-0.4, -0.2) is 6.04 Å². The van der Waals surface area contributed by atoms with E-state index in [1.807, 2.05) is 12.1 Å². The molecule has 2 heteroatoms. The van der Waals surface area contributed by atoms with Gasteiger partial charge in [0.05, 0.1) is 0 Å². The van der Waals surface area contributed by atoms with E-state index in [1.54, 1.807) is 0 Å². The van der Waals surface area contributed by atoms with Gasteiger partial charge in [-0.05, 0) is 37.5 Å². The van der Waals surface area contributed by atoms with Crippen LogP contribution in [-0.2, 0) is 0 Å². The quantitative estimate of drug-likeness (QED) is 0.752. The summed E-state index contributed by atoms with van der Waals surface area (Å²) in [6.07, 6.45) is 2.57. The van der Waals surface area contributed by atoms with Crippen LogP contribution in [0.1, 0.15) is 31.4 Å². The van der Waals surface area contributed by atoms with Crippen LogP contribution in [0.2, 0.25) is 0 Å². The first kappa shape index (κ1) is 8.70. The van der Waals surface area contributed by atoms with E-state index in [0.29, 0.717) is 12.1 Å². The molecule has 1 N–H and O–H groups in total. The fourth-order valence-electron chi connectivity index (χ4n) is 1.45. The molecule has 1 nitrogen and oxygen atoms in total. The van der Waals surface area contributed by atoms with Gasteiger partial charge in [-0.2, -0.15) is 0 Å². The number of nitrogens with one attached hydrogen (secondary N) is 1. The first-order chi connectivity index (χ1) is 6.25. The van der Waals surface area contributed by atoms with Crippen molar-refractivity contribution in [2.45, 2.75) is 31.8 Å². The van der Waals surface area contributed by atoms with Gasteiger partial charge in [-0.3, -0.25) is 0 Å². The van der Waals surface area contributed by atoms with Gasteiger partial charge in [0, 0.05) is 12.1 Å². The van der Waals surface area contributed by atoms with Crippen molar-refractivity contribution < 1.29 is 4.39 Å². The maximum atomic E-state index is 12.6. The molecule has 2 rings (SSSR count). The van der Waals surface area contributed by atoms with Crippen molar-refractivity contribution in [1.82, 2.24) is 5.32 Å². The fourth-order valence-corrected chi connectivity index (χ4v) is 1.45. The Morgan fingerprint density at radius 3 is 2.46 bits per heavy atom. The zero-order chi connectivity index (χ0) is 9.26. The van der Waals surface area contributed by atoms with E-state index in [0.717, 1.165) is 5.56 Å². The Morgan fingerprint density at radius 1 is 1.31 bits per heavy atom. The van der Waals surface area contributed by atoms with Crippen molar-refractivity contribution >= 4 is 0 Å². The smallest absolute Gasteiger partial charge is 0.123 e. The first-order valence-corrected chi connectivity index (χ1v) is 4.77. The summed E-state index contributed by atoms with van der Waals surface area (Å²) in [4.78, 5) is 0. The van der Waals surface area contributed by atoms with E-state index in [2.05, 4.69) is 12.2 Å². The molecule has 70 valence electrons. The second kappa shape index (κ2) is 3.46. The van der Waals surface area contributed by atoms with Crippen LogP contribution < -0.4 is 5.32 Å². The molecule has 0 heterocycles. The standard InChI is InChI=1S/C11H14FN/c1-8(13-11-6-7-11)9-2-4-10(12)5-3-9/h2-5,8,11,13H,6-7H2,1H3/t8-/m0/s1. The van der Waals surface area contributed by atoms with Gasteiger partial charge in [0.1, 0.15) is 5.82 Å². The minimum absolute atomic E-state index is 0.164. The molecule has 0 spiro atoms. The normalized spacial score (nSPS) is 18.6. The van der Waals surface area contributed by atoms with Gasteiger partial charge in [-0.25, -0.2) is 4.39 Å². The molecule has 1 saturated carbocycles. The number of hydrogen-bond acceptors (Lipinski definition) is 1. The Labute approximate surface area is 78.0 Å². The molecular weight excluding hydrogens is 165 g/mol. The highest BCUT2D eigenvalue weighted by Crippen LogP contribution is 2.23. The lowest BCUT2D eigenvalue weighted by molar-refractivity contribution is 0.568. The molecule has 0 unspecified atom stereocenters. The Hall–Kier alpha value is -0.890. The summed E-state index contributed by atoms with van der Waals surface area (Å²) in [6.45, 7) is 2.12. The summed E-state index contributed by atoms with van der Waals surface area (Å²) >= 11 is 0. The molecule has 1 fully saturated rings. The van der Waals surface area contributed by atoms with Crippen molar-refractivity contribution in [3.63, 3.8) is 0 Å². The van der Waals surface area contributed by atoms with E-state index >= 15 is 0 Å². The lowest BCUT2D eigenvalue weighted by Crippen LogP contribution is -2.20. The zero-order valence-corrected chi connectivity index (χ0v) is 7.76. The Kier molecular flexibility index (Phi) is 2.32. The van der Waals surface area contributed by atoms with Crippen molar-refractivity contribution in [3.05, 3.63) is 35.6 Å². The van der Waals surface area contributed by atoms with Crippen molar-refractivity contribution in [3.8, 4) is 0 Å². The summed E-state index contributed by atoms with van der Waals surface area (Å²) in [5.41, 5.74) is 1.16. The van der Waals surface area contributed by atoms with Gasteiger partial charge in [0.25, 0.3) is 0 Å². The van der Waals surface area contributed by atoms with Gasteiger partial charge >= 0.3 is 0 Å².